The van der Waals surface area contributed by atoms with E-state index in [-0.39, 0.29) is 5.69 Å². The number of nitro benzene ring substituents is 1. The number of halogens is 1. The van der Waals surface area contributed by atoms with Crippen LogP contribution in [0.5, 0.6) is 0 Å². The van der Waals surface area contributed by atoms with Crippen molar-refractivity contribution in [2.45, 2.75) is 0 Å². The average Bonchev–Trinajstić information content (AvgIpc) is 2.39. The molecule has 0 heterocycles. The number of nitro groups is 1. The lowest BCUT2D eigenvalue weighted by Gasteiger charge is -2.13. The molecule has 0 unspecified atom stereocenters. The summed E-state index contributed by atoms with van der Waals surface area (Å²) in [6.07, 6.45) is 0. The van der Waals surface area contributed by atoms with E-state index < -0.39 is 16.4 Å². The summed E-state index contributed by atoms with van der Waals surface area (Å²) in [4.78, 5) is 12.1. The van der Waals surface area contributed by atoms with Crippen LogP contribution in [-0.2, 0) is 0 Å². The van der Waals surface area contributed by atoms with Gasteiger partial charge in [0.25, 0.3) is 0 Å². The first-order valence-corrected chi connectivity index (χ1v) is 5.96. The molecule has 0 atom stereocenters. The third-order valence-electron chi connectivity index (χ3n) is 2.83. The van der Waals surface area contributed by atoms with Gasteiger partial charge in [-0.2, -0.15) is 4.39 Å². The van der Waals surface area contributed by atoms with Gasteiger partial charge < -0.3 is 10.2 Å². The fraction of sp³-hybridized carbons (Fsp3) is 0.143. The van der Waals surface area contributed by atoms with E-state index in [4.69, 9.17) is 0 Å². The second-order valence-electron chi connectivity index (χ2n) is 4.46. The van der Waals surface area contributed by atoms with Crippen LogP contribution in [0.3, 0.4) is 0 Å². The number of hydrogen-bond acceptors (Lipinski definition) is 4. The summed E-state index contributed by atoms with van der Waals surface area (Å²) in [5, 5.41) is 13.8. The molecule has 0 saturated heterocycles. The minimum atomic E-state index is -0.857. The molecule has 2 aromatic carbocycles. The molecule has 1 N–H and O–H groups in total. The lowest BCUT2D eigenvalue weighted by Crippen LogP contribution is -2.08. The summed E-state index contributed by atoms with van der Waals surface area (Å²) in [6.45, 7) is 0. The predicted molar refractivity (Wildman–Crippen MR) is 77.1 cm³/mol. The Morgan fingerprint density at radius 2 is 1.80 bits per heavy atom. The van der Waals surface area contributed by atoms with Crippen molar-refractivity contribution in [3.63, 3.8) is 0 Å². The fourth-order valence-corrected chi connectivity index (χ4v) is 1.80. The van der Waals surface area contributed by atoms with Crippen LogP contribution in [-0.4, -0.2) is 19.0 Å². The first kappa shape index (κ1) is 13.8. The summed E-state index contributed by atoms with van der Waals surface area (Å²) in [5.41, 5.74) is 1.24. The van der Waals surface area contributed by atoms with Crippen molar-refractivity contribution < 1.29 is 9.31 Å². The topological polar surface area (TPSA) is 58.4 Å². The second-order valence-corrected chi connectivity index (χ2v) is 4.46. The highest BCUT2D eigenvalue weighted by Gasteiger charge is 2.19. The lowest BCUT2D eigenvalue weighted by atomic mass is 10.2. The molecule has 0 bridgehead atoms. The van der Waals surface area contributed by atoms with Gasteiger partial charge in [0.05, 0.1) is 4.92 Å². The van der Waals surface area contributed by atoms with Crippen LogP contribution in [0, 0.1) is 15.9 Å². The maximum absolute atomic E-state index is 13.5. The summed E-state index contributed by atoms with van der Waals surface area (Å²) in [6, 6.07) is 11.3. The highest BCUT2D eigenvalue weighted by atomic mass is 19.1. The zero-order valence-electron chi connectivity index (χ0n) is 11.1. The molecule has 20 heavy (non-hydrogen) atoms. The number of benzene rings is 2. The molecule has 0 spiro atoms. The van der Waals surface area contributed by atoms with Crippen molar-refractivity contribution in [3.05, 3.63) is 58.4 Å². The SMILES string of the molecule is CN(C)c1ccc(Nc2cccc(F)c2[N+](=O)[O-])cc1. The molecule has 5 nitrogen and oxygen atoms in total. The molecule has 0 amide bonds. The van der Waals surface area contributed by atoms with Crippen LogP contribution >= 0.6 is 0 Å². The third-order valence-corrected chi connectivity index (χ3v) is 2.83. The molecule has 2 aromatic rings. The number of hydrogen-bond donors (Lipinski definition) is 1. The molecule has 104 valence electrons. The summed E-state index contributed by atoms with van der Waals surface area (Å²) in [5.74, 6) is -0.857. The van der Waals surface area contributed by atoms with Gasteiger partial charge in [0.2, 0.25) is 5.82 Å². The molecular formula is C14H14FN3O2. The van der Waals surface area contributed by atoms with Gasteiger partial charge in [-0.15, -0.1) is 0 Å². The van der Waals surface area contributed by atoms with E-state index in [1.807, 2.05) is 31.1 Å². The smallest absolute Gasteiger partial charge is 0.327 e. The summed E-state index contributed by atoms with van der Waals surface area (Å²) >= 11 is 0. The molecule has 2 rings (SSSR count). The Labute approximate surface area is 115 Å². The number of rotatable bonds is 4. The van der Waals surface area contributed by atoms with Gasteiger partial charge in [-0.25, -0.2) is 0 Å². The van der Waals surface area contributed by atoms with Crippen molar-refractivity contribution in [1.82, 2.24) is 0 Å². The van der Waals surface area contributed by atoms with Crippen LogP contribution in [0.15, 0.2) is 42.5 Å². The van der Waals surface area contributed by atoms with Gasteiger partial charge in [0, 0.05) is 25.5 Å². The zero-order valence-corrected chi connectivity index (χ0v) is 11.1. The number of nitrogens with zero attached hydrogens (tertiary/aromatic N) is 2. The Bertz CT molecular complexity index is 627. The minimum absolute atomic E-state index is 0.132. The Kier molecular flexibility index (Phi) is 3.84. The lowest BCUT2D eigenvalue weighted by molar-refractivity contribution is -0.386. The van der Waals surface area contributed by atoms with E-state index >= 15 is 0 Å². The van der Waals surface area contributed by atoms with Crippen LogP contribution in [0.2, 0.25) is 0 Å². The number of para-hydroxylation sites is 1. The van der Waals surface area contributed by atoms with Gasteiger partial charge >= 0.3 is 5.69 Å². The van der Waals surface area contributed by atoms with Crippen LogP contribution in [0.25, 0.3) is 0 Å². The number of anilines is 3. The van der Waals surface area contributed by atoms with Gasteiger partial charge in [-0.3, -0.25) is 10.1 Å². The predicted octanol–water partition coefficient (Wildman–Crippen LogP) is 3.54. The molecule has 0 aliphatic heterocycles. The highest BCUT2D eigenvalue weighted by molar-refractivity contribution is 5.70. The fourth-order valence-electron chi connectivity index (χ4n) is 1.80. The first-order valence-electron chi connectivity index (χ1n) is 5.96. The molecule has 0 fully saturated rings. The van der Waals surface area contributed by atoms with Crippen LogP contribution < -0.4 is 10.2 Å². The number of nitrogens with one attached hydrogen (secondary N) is 1. The normalized spacial score (nSPS) is 10.2. The molecule has 0 saturated carbocycles. The van der Waals surface area contributed by atoms with Crippen molar-refractivity contribution in [2.24, 2.45) is 0 Å². The van der Waals surface area contributed by atoms with Crippen molar-refractivity contribution in [2.75, 3.05) is 24.3 Å². The molecule has 0 aromatic heterocycles. The first-order chi connectivity index (χ1) is 9.49. The van der Waals surface area contributed by atoms with E-state index in [9.17, 15) is 14.5 Å². The maximum atomic E-state index is 13.5. The van der Waals surface area contributed by atoms with E-state index in [2.05, 4.69) is 5.32 Å². The van der Waals surface area contributed by atoms with E-state index in [1.54, 1.807) is 12.1 Å². The van der Waals surface area contributed by atoms with Gasteiger partial charge in [0.1, 0.15) is 5.69 Å². The van der Waals surface area contributed by atoms with Crippen molar-refractivity contribution in [3.8, 4) is 0 Å². The Morgan fingerprint density at radius 3 is 2.35 bits per heavy atom. The summed E-state index contributed by atoms with van der Waals surface area (Å²) in [7, 11) is 3.83. The highest BCUT2D eigenvalue weighted by Crippen LogP contribution is 2.30. The standard InChI is InChI=1S/C14H14FN3O2/c1-17(2)11-8-6-10(7-9-11)16-13-5-3-4-12(15)14(13)18(19)20/h3-9,16H,1-2H3. The van der Waals surface area contributed by atoms with E-state index in [0.29, 0.717) is 5.69 Å². The van der Waals surface area contributed by atoms with Gasteiger partial charge in [0.15, 0.2) is 0 Å². The monoisotopic (exact) mass is 275 g/mol. The second kappa shape index (κ2) is 5.56. The Hall–Kier alpha value is -2.63. The van der Waals surface area contributed by atoms with Crippen molar-refractivity contribution in [1.29, 1.82) is 0 Å². The van der Waals surface area contributed by atoms with Crippen molar-refractivity contribution >= 4 is 22.7 Å². The van der Waals surface area contributed by atoms with E-state index in [1.165, 1.54) is 12.1 Å². The molecule has 0 radical (unpaired) electrons. The average molecular weight is 275 g/mol. The van der Waals surface area contributed by atoms with E-state index in [0.717, 1.165) is 11.8 Å². The molecular weight excluding hydrogens is 261 g/mol. The summed E-state index contributed by atoms with van der Waals surface area (Å²) < 4.78 is 13.5. The van der Waals surface area contributed by atoms with Crippen LogP contribution in [0.1, 0.15) is 0 Å². The quantitative estimate of drug-likeness (QED) is 0.685. The molecule has 0 aliphatic carbocycles. The Balaban J connectivity index is 2.30. The molecule has 0 aliphatic rings. The zero-order chi connectivity index (χ0) is 14.7. The largest absolute Gasteiger partial charge is 0.378 e. The van der Waals surface area contributed by atoms with Crippen LogP contribution in [0.4, 0.5) is 27.1 Å². The Morgan fingerprint density at radius 1 is 1.15 bits per heavy atom. The molecule has 6 heteroatoms. The third kappa shape index (κ3) is 2.85. The minimum Gasteiger partial charge on any atom is -0.378 e. The van der Waals surface area contributed by atoms with Gasteiger partial charge in [-0.05, 0) is 36.4 Å². The maximum Gasteiger partial charge on any atom is 0.327 e. The van der Waals surface area contributed by atoms with Gasteiger partial charge in [-0.1, -0.05) is 6.07 Å².